The van der Waals surface area contributed by atoms with Gasteiger partial charge in [-0.1, -0.05) is 24.6 Å². The third-order valence-corrected chi connectivity index (χ3v) is 3.75. The molecule has 4 nitrogen and oxygen atoms in total. The predicted molar refractivity (Wildman–Crippen MR) is 70.7 cm³/mol. The van der Waals surface area contributed by atoms with E-state index in [0.717, 1.165) is 31.4 Å². The van der Waals surface area contributed by atoms with Gasteiger partial charge < -0.3 is 15.2 Å². The highest BCUT2D eigenvalue weighted by molar-refractivity contribution is 5.90. The molecule has 1 aromatic carbocycles. The van der Waals surface area contributed by atoms with E-state index in [0.29, 0.717) is 12.6 Å². The zero-order valence-electron chi connectivity index (χ0n) is 10.3. The van der Waals surface area contributed by atoms with E-state index in [2.05, 4.69) is 10.3 Å². The number of aliphatic imine (C=N–C) groups is 1. The smallest absolute Gasteiger partial charge is 0.290 e. The van der Waals surface area contributed by atoms with Crippen LogP contribution in [-0.2, 0) is 4.74 Å². The average Bonchev–Trinajstić information content (AvgIpc) is 2.79. The van der Waals surface area contributed by atoms with E-state index in [-0.39, 0.29) is 0 Å². The summed E-state index contributed by atoms with van der Waals surface area (Å²) in [6.45, 7) is 0.559. The van der Waals surface area contributed by atoms with E-state index < -0.39 is 11.7 Å². The summed E-state index contributed by atoms with van der Waals surface area (Å²) in [5.74, 6) is 0. The number of hydrogen-bond donors (Lipinski definition) is 2. The van der Waals surface area contributed by atoms with E-state index in [4.69, 9.17) is 4.74 Å². The molecular weight excluding hydrogens is 228 g/mol. The van der Waals surface area contributed by atoms with Crippen LogP contribution in [0.25, 0.3) is 0 Å². The first kappa shape index (κ1) is 11.5. The molecule has 4 heteroatoms. The summed E-state index contributed by atoms with van der Waals surface area (Å²) in [5, 5.41) is 13.3. The van der Waals surface area contributed by atoms with Gasteiger partial charge in [-0.3, -0.25) is 0 Å². The molecule has 18 heavy (non-hydrogen) atoms. The standard InChI is InChI=1S/C14H18N2O2/c17-12-8-4-5-9-14(12)10-15-13(18-14)16-11-6-2-1-3-7-11/h1-3,6-7,12,17H,4-5,8-10H2,(H,15,16)/t12-,14-/m1/s1. The first-order valence-electron chi connectivity index (χ1n) is 6.52. The van der Waals surface area contributed by atoms with Crippen LogP contribution in [0, 0.1) is 0 Å². The fraction of sp³-hybridized carbons (Fsp3) is 0.500. The largest absolute Gasteiger partial charge is 0.454 e. The fourth-order valence-corrected chi connectivity index (χ4v) is 2.67. The monoisotopic (exact) mass is 246 g/mol. The molecule has 2 atom stereocenters. The van der Waals surface area contributed by atoms with Crippen LogP contribution in [0.4, 0.5) is 5.69 Å². The third kappa shape index (κ3) is 2.08. The van der Waals surface area contributed by atoms with Gasteiger partial charge >= 0.3 is 0 Å². The van der Waals surface area contributed by atoms with Crippen LogP contribution in [0.1, 0.15) is 25.7 Å². The highest BCUT2D eigenvalue weighted by atomic mass is 16.5. The summed E-state index contributed by atoms with van der Waals surface area (Å²) in [7, 11) is 0. The summed E-state index contributed by atoms with van der Waals surface area (Å²) in [5.41, 5.74) is 0.480. The van der Waals surface area contributed by atoms with Crippen molar-refractivity contribution in [3.63, 3.8) is 0 Å². The average molecular weight is 246 g/mol. The molecule has 0 saturated heterocycles. The lowest BCUT2D eigenvalue weighted by molar-refractivity contribution is -0.0702. The van der Waals surface area contributed by atoms with Crippen LogP contribution >= 0.6 is 0 Å². The lowest BCUT2D eigenvalue weighted by Gasteiger charge is -2.36. The van der Waals surface area contributed by atoms with Gasteiger partial charge in [0, 0.05) is 5.69 Å². The maximum atomic E-state index is 10.1. The summed E-state index contributed by atoms with van der Waals surface area (Å²) in [6.07, 6.45) is 3.48. The summed E-state index contributed by atoms with van der Waals surface area (Å²) in [4.78, 5) is 4.38. The Morgan fingerprint density at radius 3 is 2.89 bits per heavy atom. The topological polar surface area (TPSA) is 53.9 Å². The van der Waals surface area contributed by atoms with Gasteiger partial charge in [0.05, 0.1) is 12.6 Å². The van der Waals surface area contributed by atoms with Crippen molar-refractivity contribution in [2.75, 3.05) is 11.9 Å². The molecule has 2 N–H and O–H groups in total. The van der Waals surface area contributed by atoms with Crippen LogP contribution in [0.2, 0.25) is 0 Å². The van der Waals surface area contributed by atoms with Gasteiger partial charge in [0.2, 0.25) is 0 Å². The second-order valence-corrected chi connectivity index (χ2v) is 5.04. The molecule has 0 radical (unpaired) electrons. The first-order chi connectivity index (χ1) is 8.78. The number of nitrogens with zero attached hydrogens (tertiary/aromatic N) is 1. The summed E-state index contributed by atoms with van der Waals surface area (Å²) < 4.78 is 5.89. The van der Waals surface area contributed by atoms with Crippen LogP contribution in [0.3, 0.4) is 0 Å². The maximum absolute atomic E-state index is 10.1. The Morgan fingerprint density at radius 2 is 2.11 bits per heavy atom. The molecule has 0 bridgehead atoms. The second-order valence-electron chi connectivity index (χ2n) is 5.04. The number of para-hydroxylation sites is 1. The predicted octanol–water partition coefficient (Wildman–Crippen LogP) is 2.16. The van der Waals surface area contributed by atoms with Gasteiger partial charge in [-0.15, -0.1) is 0 Å². The first-order valence-corrected chi connectivity index (χ1v) is 6.52. The molecule has 1 heterocycles. The molecule has 96 valence electrons. The molecule has 1 spiro atoms. The number of amidine groups is 1. The number of aliphatic hydroxyl groups excluding tert-OH is 1. The van der Waals surface area contributed by atoms with E-state index in [1.807, 2.05) is 30.3 Å². The van der Waals surface area contributed by atoms with E-state index in [1.54, 1.807) is 0 Å². The lowest BCUT2D eigenvalue weighted by Crippen LogP contribution is -2.48. The van der Waals surface area contributed by atoms with Crippen LogP contribution in [0.15, 0.2) is 35.3 Å². The van der Waals surface area contributed by atoms with Crippen molar-refractivity contribution in [1.29, 1.82) is 0 Å². The number of rotatable bonds is 1. The minimum absolute atomic E-state index is 0.398. The highest BCUT2D eigenvalue weighted by Crippen LogP contribution is 2.35. The molecule has 1 fully saturated rings. The van der Waals surface area contributed by atoms with Gasteiger partial charge in [0.15, 0.2) is 5.60 Å². The Kier molecular flexibility index (Phi) is 2.96. The molecule has 3 rings (SSSR count). The zero-order valence-corrected chi connectivity index (χ0v) is 10.3. The van der Waals surface area contributed by atoms with Gasteiger partial charge in [0.25, 0.3) is 6.02 Å². The highest BCUT2D eigenvalue weighted by Gasteiger charge is 2.46. The minimum atomic E-state index is -0.477. The minimum Gasteiger partial charge on any atom is -0.454 e. The Bertz CT molecular complexity index is 446. The summed E-state index contributed by atoms with van der Waals surface area (Å²) >= 11 is 0. The van der Waals surface area contributed by atoms with Gasteiger partial charge in [-0.2, -0.15) is 0 Å². The zero-order chi connectivity index (χ0) is 12.4. The van der Waals surface area contributed by atoms with Gasteiger partial charge in [0.1, 0.15) is 0 Å². The number of nitrogens with one attached hydrogen (secondary N) is 1. The van der Waals surface area contributed by atoms with Crippen molar-refractivity contribution in [3.05, 3.63) is 30.3 Å². The van der Waals surface area contributed by atoms with Crippen LogP contribution < -0.4 is 5.32 Å². The van der Waals surface area contributed by atoms with Gasteiger partial charge in [-0.25, -0.2) is 4.99 Å². The number of ether oxygens (including phenoxy) is 1. The van der Waals surface area contributed by atoms with Crippen molar-refractivity contribution in [3.8, 4) is 0 Å². The number of benzene rings is 1. The number of anilines is 1. The third-order valence-electron chi connectivity index (χ3n) is 3.75. The molecule has 1 aliphatic heterocycles. The Balaban J connectivity index is 1.67. The fourth-order valence-electron chi connectivity index (χ4n) is 2.67. The van der Waals surface area contributed by atoms with Crippen molar-refractivity contribution in [1.82, 2.24) is 0 Å². The quantitative estimate of drug-likeness (QED) is 0.798. The van der Waals surface area contributed by atoms with E-state index in [9.17, 15) is 5.11 Å². The number of hydrogen-bond acceptors (Lipinski definition) is 4. The number of aliphatic hydroxyl groups is 1. The molecular formula is C14H18N2O2. The molecule has 0 amide bonds. The molecule has 0 unspecified atom stereocenters. The molecule has 1 saturated carbocycles. The lowest BCUT2D eigenvalue weighted by atomic mass is 9.82. The van der Waals surface area contributed by atoms with Gasteiger partial charge in [-0.05, 0) is 31.4 Å². The van der Waals surface area contributed by atoms with E-state index in [1.165, 1.54) is 0 Å². The summed E-state index contributed by atoms with van der Waals surface area (Å²) in [6, 6.07) is 10.4. The Hall–Kier alpha value is -1.55. The molecule has 2 aliphatic rings. The SMILES string of the molecule is O[C@@H]1CCCC[C@@]12CN=C(Nc1ccccc1)O2. The molecule has 1 aliphatic carbocycles. The Labute approximate surface area is 107 Å². The van der Waals surface area contributed by atoms with Crippen molar-refractivity contribution >= 4 is 11.7 Å². The normalized spacial score (nSPS) is 30.9. The van der Waals surface area contributed by atoms with Crippen molar-refractivity contribution in [2.45, 2.75) is 37.4 Å². The van der Waals surface area contributed by atoms with Crippen LogP contribution in [0.5, 0.6) is 0 Å². The van der Waals surface area contributed by atoms with E-state index >= 15 is 0 Å². The second kappa shape index (κ2) is 4.61. The van der Waals surface area contributed by atoms with Crippen molar-refractivity contribution in [2.24, 2.45) is 4.99 Å². The maximum Gasteiger partial charge on any atom is 0.290 e. The Morgan fingerprint density at radius 1 is 1.28 bits per heavy atom. The molecule has 1 aromatic rings. The van der Waals surface area contributed by atoms with Crippen molar-refractivity contribution < 1.29 is 9.84 Å². The molecule has 0 aromatic heterocycles. The van der Waals surface area contributed by atoms with Crippen LogP contribution in [-0.4, -0.2) is 29.4 Å².